The smallest absolute Gasteiger partial charge is 0.266 e. The summed E-state index contributed by atoms with van der Waals surface area (Å²) >= 11 is 0. The predicted molar refractivity (Wildman–Crippen MR) is 118 cm³/mol. The summed E-state index contributed by atoms with van der Waals surface area (Å²) in [7, 11) is 1.41. The minimum absolute atomic E-state index is 0.0678. The molecule has 2 aliphatic heterocycles. The molecule has 178 valence electrons. The molecule has 0 fully saturated rings. The zero-order valence-corrected chi connectivity index (χ0v) is 18.7. The highest BCUT2D eigenvalue weighted by Gasteiger charge is 2.32. The van der Waals surface area contributed by atoms with Crippen molar-refractivity contribution in [3.05, 3.63) is 76.6 Å². The third kappa shape index (κ3) is 4.40. The van der Waals surface area contributed by atoms with Gasteiger partial charge in [0.25, 0.3) is 12.3 Å². The number of amidine groups is 1. The third-order valence-electron chi connectivity index (χ3n) is 5.61. The van der Waals surface area contributed by atoms with Crippen LogP contribution >= 0.6 is 0 Å². The highest BCUT2D eigenvalue weighted by Crippen LogP contribution is 2.32. The van der Waals surface area contributed by atoms with Crippen LogP contribution in [0.25, 0.3) is 5.57 Å². The van der Waals surface area contributed by atoms with Gasteiger partial charge in [-0.15, -0.1) is 0 Å². The Bertz CT molecular complexity index is 1230. The predicted octanol–water partition coefficient (Wildman–Crippen LogP) is 4.57. The molecular weight excluding hydrogens is 452 g/mol. The van der Waals surface area contributed by atoms with Gasteiger partial charge >= 0.3 is 0 Å². The number of nitrogens with zero attached hydrogens (tertiary/aromatic N) is 3. The van der Waals surface area contributed by atoms with Crippen molar-refractivity contribution in [2.24, 2.45) is 4.99 Å². The molecule has 10 heteroatoms. The number of rotatable bonds is 6. The first-order chi connectivity index (χ1) is 16.2. The van der Waals surface area contributed by atoms with Crippen molar-refractivity contribution in [2.45, 2.75) is 32.4 Å². The molecule has 0 unspecified atom stereocenters. The van der Waals surface area contributed by atoms with Crippen molar-refractivity contribution in [2.75, 3.05) is 13.7 Å². The molecule has 34 heavy (non-hydrogen) atoms. The van der Waals surface area contributed by atoms with E-state index in [0.29, 0.717) is 18.0 Å². The number of amides is 1. The average molecular weight is 474 g/mol. The van der Waals surface area contributed by atoms with Gasteiger partial charge in [0.05, 0.1) is 36.5 Å². The Morgan fingerprint density at radius 3 is 2.71 bits per heavy atom. The van der Waals surface area contributed by atoms with E-state index < -0.39 is 35.6 Å². The Morgan fingerprint density at radius 1 is 1.26 bits per heavy atom. The van der Waals surface area contributed by atoms with E-state index in [0.717, 1.165) is 12.3 Å². The van der Waals surface area contributed by atoms with Crippen molar-refractivity contribution in [3.8, 4) is 5.88 Å². The van der Waals surface area contributed by atoms with Crippen molar-refractivity contribution >= 4 is 17.3 Å². The number of aliphatic imine (C=N–C) groups is 1. The van der Waals surface area contributed by atoms with Gasteiger partial charge in [0.15, 0.2) is 0 Å². The quantitative estimate of drug-likeness (QED) is 0.623. The van der Waals surface area contributed by atoms with Crippen LogP contribution in [0.1, 0.15) is 43.0 Å². The van der Waals surface area contributed by atoms with Crippen LogP contribution in [0.4, 0.5) is 17.6 Å². The maximum atomic E-state index is 14.6. The molecule has 1 amide bonds. The topological polar surface area (TPSA) is 66.8 Å². The van der Waals surface area contributed by atoms with Crippen LogP contribution < -0.4 is 10.1 Å². The number of fused-ring (bicyclic) bond motifs is 1. The van der Waals surface area contributed by atoms with Gasteiger partial charge in [0.2, 0.25) is 5.88 Å². The molecule has 6 nitrogen and oxygen atoms in total. The maximum absolute atomic E-state index is 14.6. The van der Waals surface area contributed by atoms with Crippen molar-refractivity contribution in [1.82, 2.24) is 15.2 Å². The fourth-order valence-corrected chi connectivity index (χ4v) is 3.95. The van der Waals surface area contributed by atoms with E-state index in [1.54, 1.807) is 11.1 Å². The fraction of sp³-hybridized carbons (Fsp3) is 0.292. The van der Waals surface area contributed by atoms with Crippen molar-refractivity contribution in [3.63, 3.8) is 0 Å². The SMILES string of the molecule is COc1cc(C2=CN3C[C@@H](C)N=C3C(C(=O)N[C@H](C)c3cccc(C(F)F)c3F)=C2)c(F)cn1. The highest BCUT2D eigenvalue weighted by atomic mass is 19.3. The number of aromatic nitrogens is 1. The van der Waals surface area contributed by atoms with E-state index in [1.165, 1.54) is 38.3 Å². The summed E-state index contributed by atoms with van der Waals surface area (Å²) in [6, 6.07) is 4.05. The normalized spacial score (nSPS) is 18.2. The summed E-state index contributed by atoms with van der Waals surface area (Å²) in [5.41, 5.74) is -0.0754. The van der Waals surface area contributed by atoms with E-state index >= 15 is 0 Å². The number of carbonyl (C=O) groups excluding carboxylic acids is 1. The number of carbonyl (C=O) groups is 1. The Labute approximate surface area is 193 Å². The largest absolute Gasteiger partial charge is 0.481 e. The lowest BCUT2D eigenvalue weighted by Gasteiger charge is -2.25. The molecule has 0 saturated heterocycles. The number of allylic oxidation sites excluding steroid dienone is 2. The third-order valence-corrected chi connectivity index (χ3v) is 5.61. The molecule has 1 N–H and O–H groups in total. The number of hydrogen-bond acceptors (Lipinski definition) is 5. The number of alkyl halides is 2. The monoisotopic (exact) mass is 474 g/mol. The summed E-state index contributed by atoms with van der Waals surface area (Å²) in [6.45, 7) is 3.85. The molecule has 0 saturated carbocycles. The number of hydrogen-bond donors (Lipinski definition) is 1. The Morgan fingerprint density at radius 2 is 2.00 bits per heavy atom. The van der Waals surface area contributed by atoms with E-state index in [9.17, 15) is 22.4 Å². The van der Waals surface area contributed by atoms with Crippen LogP contribution in [0.5, 0.6) is 5.88 Å². The molecule has 2 aromatic rings. The number of ether oxygens (including phenoxy) is 1. The van der Waals surface area contributed by atoms with E-state index in [1.807, 2.05) is 6.92 Å². The number of halogens is 4. The second kappa shape index (κ2) is 9.28. The minimum Gasteiger partial charge on any atom is -0.481 e. The molecule has 2 atom stereocenters. The van der Waals surface area contributed by atoms with Crippen LogP contribution in [0, 0.1) is 11.6 Å². The van der Waals surface area contributed by atoms with E-state index in [2.05, 4.69) is 15.3 Å². The van der Waals surface area contributed by atoms with E-state index in [-0.39, 0.29) is 28.6 Å². The van der Waals surface area contributed by atoms with Crippen molar-refractivity contribution < 1.29 is 27.1 Å². The Hall–Kier alpha value is -3.69. The molecule has 3 heterocycles. The lowest BCUT2D eigenvalue weighted by molar-refractivity contribution is -0.117. The van der Waals surface area contributed by atoms with Gasteiger partial charge in [0.1, 0.15) is 17.5 Å². The molecule has 1 aromatic heterocycles. The van der Waals surface area contributed by atoms with Crippen LogP contribution in [0.2, 0.25) is 0 Å². The second-order valence-corrected chi connectivity index (χ2v) is 8.05. The molecule has 0 bridgehead atoms. The molecule has 0 spiro atoms. The summed E-state index contributed by atoms with van der Waals surface area (Å²) < 4.78 is 60.4. The number of pyridine rings is 1. The maximum Gasteiger partial charge on any atom is 0.266 e. The standard InChI is InChI=1S/C24H22F4N4O2/c1-12-10-32-11-14(17-8-20(34-3)29-9-19(17)25)7-18(23(32)30-12)24(33)31-13(2)15-5-4-6-16(21(15)26)22(27)28/h4-9,11-13,22H,10H2,1-3H3,(H,31,33)/t12-,13-/m1/s1. The Balaban J connectivity index is 1.68. The number of benzene rings is 1. The first kappa shape index (κ1) is 23.5. The van der Waals surface area contributed by atoms with Crippen molar-refractivity contribution in [1.29, 1.82) is 0 Å². The summed E-state index contributed by atoms with van der Waals surface area (Å²) in [6.07, 6.45) is 1.22. The van der Waals surface area contributed by atoms with Crippen LogP contribution in [0.3, 0.4) is 0 Å². The Kier molecular flexibility index (Phi) is 6.41. The van der Waals surface area contributed by atoms with E-state index in [4.69, 9.17) is 4.74 Å². The fourth-order valence-electron chi connectivity index (χ4n) is 3.95. The lowest BCUT2D eigenvalue weighted by Crippen LogP contribution is -2.37. The van der Waals surface area contributed by atoms with Gasteiger partial charge in [-0.25, -0.2) is 22.5 Å². The van der Waals surface area contributed by atoms with Gasteiger partial charge in [0, 0.05) is 35.5 Å². The molecule has 1 aromatic carbocycles. The van der Waals surface area contributed by atoms with Gasteiger partial charge < -0.3 is 15.0 Å². The number of methoxy groups -OCH3 is 1. The molecule has 4 rings (SSSR count). The first-order valence-corrected chi connectivity index (χ1v) is 10.5. The van der Waals surface area contributed by atoms with Gasteiger partial charge in [-0.05, 0) is 19.9 Å². The summed E-state index contributed by atoms with van der Waals surface area (Å²) in [5, 5.41) is 2.65. The average Bonchev–Trinajstić information content (AvgIpc) is 3.18. The number of nitrogens with one attached hydrogen (secondary N) is 1. The van der Waals surface area contributed by atoms with Crippen LogP contribution in [-0.4, -0.2) is 41.3 Å². The zero-order valence-electron chi connectivity index (χ0n) is 18.7. The van der Waals surface area contributed by atoms with Gasteiger partial charge in [-0.2, -0.15) is 0 Å². The first-order valence-electron chi connectivity index (χ1n) is 10.5. The van der Waals surface area contributed by atoms with Crippen LogP contribution in [0.15, 0.2) is 53.3 Å². The highest BCUT2D eigenvalue weighted by molar-refractivity contribution is 6.24. The zero-order chi connectivity index (χ0) is 24.6. The lowest BCUT2D eigenvalue weighted by atomic mass is 9.99. The molecule has 0 aliphatic carbocycles. The molecule has 0 radical (unpaired) electrons. The molecular formula is C24H22F4N4O2. The van der Waals surface area contributed by atoms with Gasteiger partial charge in [-0.1, -0.05) is 18.2 Å². The second-order valence-electron chi connectivity index (χ2n) is 8.05. The van der Waals surface area contributed by atoms with Gasteiger partial charge in [-0.3, -0.25) is 9.79 Å². The van der Waals surface area contributed by atoms with Crippen LogP contribution in [-0.2, 0) is 4.79 Å². The molecule has 2 aliphatic rings. The summed E-state index contributed by atoms with van der Waals surface area (Å²) in [4.78, 5) is 23.3. The minimum atomic E-state index is -2.98. The summed E-state index contributed by atoms with van der Waals surface area (Å²) in [5.74, 6) is -1.67.